The van der Waals surface area contributed by atoms with Crippen molar-refractivity contribution in [1.29, 1.82) is 0 Å². The van der Waals surface area contributed by atoms with Crippen LogP contribution in [0.3, 0.4) is 0 Å². The van der Waals surface area contributed by atoms with Crippen molar-refractivity contribution < 1.29 is 14.6 Å². The lowest BCUT2D eigenvalue weighted by Crippen LogP contribution is -2.49. The molecule has 1 heterocycles. The third-order valence-corrected chi connectivity index (χ3v) is 3.73. The van der Waals surface area contributed by atoms with E-state index in [4.69, 9.17) is 0 Å². The average Bonchev–Trinajstić information content (AvgIpc) is 2.28. The van der Waals surface area contributed by atoms with Gasteiger partial charge >= 0.3 is 5.97 Å². The Hall–Kier alpha value is -0.610. The largest absolute Gasteiger partial charge is 0.467 e. The predicted molar refractivity (Wildman–Crippen MR) is 66.6 cm³/mol. The summed E-state index contributed by atoms with van der Waals surface area (Å²) in [4.78, 5) is 13.5. The lowest BCUT2D eigenvalue weighted by atomic mass is 9.86. The Balaban J connectivity index is 2.42. The summed E-state index contributed by atoms with van der Waals surface area (Å²) in [5.41, 5.74) is -1.39. The molecule has 1 rings (SSSR count). The van der Waals surface area contributed by atoms with E-state index < -0.39 is 11.6 Å². The maximum absolute atomic E-state index is 11.4. The number of piperidine rings is 1. The van der Waals surface area contributed by atoms with Crippen molar-refractivity contribution in [1.82, 2.24) is 4.90 Å². The van der Waals surface area contributed by atoms with Gasteiger partial charge in [0.1, 0.15) is 0 Å². The molecule has 0 amide bonds. The number of likely N-dealkylation sites (tertiary alicyclic amines) is 1. The third-order valence-electron chi connectivity index (χ3n) is 3.73. The van der Waals surface area contributed by atoms with E-state index in [-0.39, 0.29) is 0 Å². The number of aliphatic hydroxyl groups is 1. The molecule has 0 aromatic carbocycles. The number of β-amino-alcohol motifs (C(OH)–C–C–N with tert-alkyl or cyclic N) is 1. The molecule has 1 unspecified atom stereocenters. The van der Waals surface area contributed by atoms with E-state index >= 15 is 0 Å². The van der Waals surface area contributed by atoms with E-state index in [0.717, 1.165) is 37.8 Å². The fourth-order valence-corrected chi connectivity index (χ4v) is 2.50. The molecule has 4 heteroatoms. The van der Waals surface area contributed by atoms with E-state index in [1.54, 1.807) is 0 Å². The van der Waals surface area contributed by atoms with Crippen molar-refractivity contribution in [2.24, 2.45) is 11.8 Å². The van der Waals surface area contributed by atoms with Gasteiger partial charge < -0.3 is 9.84 Å². The Labute approximate surface area is 104 Å². The summed E-state index contributed by atoms with van der Waals surface area (Å²) < 4.78 is 4.60. The zero-order chi connectivity index (χ0) is 13.1. The van der Waals surface area contributed by atoms with E-state index in [0.29, 0.717) is 6.54 Å². The van der Waals surface area contributed by atoms with Crippen LogP contribution >= 0.6 is 0 Å². The van der Waals surface area contributed by atoms with E-state index in [1.165, 1.54) is 14.0 Å². The SMILES string of the molecule is COC(=O)C(C)(O)CN1CCC(C(C)C)CC1. The minimum atomic E-state index is -1.39. The van der Waals surface area contributed by atoms with Gasteiger partial charge in [-0.2, -0.15) is 0 Å². The van der Waals surface area contributed by atoms with Gasteiger partial charge in [-0.05, 0) is 44.7 Å². The lowest BCUT2D eigenvalue weighted by Gasteiger charge is -2.36. The fraction of sp³-hybridized carbons (Fsp3) is 0.923. The first-order valence-corrected chi connectivity index (χ1v) is 6.40. The van der Waals surface area contributed by atoms with Gasteiger partial charge in [0.05, 0.1) is 7.11 Å². The fourth-order valence-electron chi connectivity index (χ4n) is 2.50. The summed E-state index contributed by atoms with van der Waals surface area (Å²) in [6, 6.07) is 0. The number of nitrogens with zero attached hydrogens (tertiary/aromatic N) is 1. The lowest BCUT2D eigenvalue weighted by molar-refractivity contribution is -0.162. The molecule has 4 nitrogen and oxygen atoms in total. The highest BCUT2D eigenvalue weighted by molar-refractivity contribution is 5.78. The second-order valence-electron chi connectivity index (χ2n) is 5.62. The Kier molecular flexibility index (Phi) is 4.95. The summed E-state index contributed by atoms with van der Waals surface area (Å²) in [5.74, 6) is 0.941. The zero-order valence-corrected chi connectivity index (χ0v) is 11.4. The quantitative estimate of drug-likeness (QED) is 0.756. The van der Waals surface area contributed by atoms with E-state index in [1.807, 2.05) is 0 Å². The normalized spacial score (nSPS) is 22.5. The Morgan fingerprint density at radius 1 is 1.47 bits per heavy atom. The molecule has 1 N–H and O–H groups in total. The zero-order valence-electron chi connectivity index (χ0n) is 11.4. The molecule has 0 spiro atoms. The topological polar surface area (TPSA) is 49.8 Å². The Morgan fingerprint density at radius 2 is 2.00 bits per heavy atom. The molecule has 1 aliphatic heterocycles. The first kappa shape index (κ1) is 14.5. The minimum absolute atomic E-state index is 0.366. The molecule has 0 aliphatic carbocycles. The maximum Gasteiger partial charge on any atom is 0.338 e. The molecule has 17 heavy (non-hydrogen) atoms. The highest BCUT2D eigenvalue weighted by atomic mass is 16.5. The van der Waals surface area contributed by atoms with Gasteiger partial charge in [0.15, 0.2) is 5.60 Å². The van der Waals surface area contributed by atoms with Crippen molar-refractivity contribution >= 4 is 5.97 Å². The van der Waals surface area contributed by atoms with Crippen molar-refractivity contribution in [3.63, 3.8) is 0 Å². The molecule has 0 aromatic heterocycles. The highest BCUT2D eigenvalue weighted by Gasteiger charge is 2.35. The van der Waals surface area contributed by atoms with Crippen LogP contribution in [0.5, 0.6) is 0 Å². The molecule has 1 fully saturated rings. The monoisotopic (exact) mass is 243 g/mol. The maximum atomic E-state index is 11.4. The molecular weight excluding hydrogens is 218 g/mol. The number of methoxy groups -OCH3 is 1. The summed E-state index contributed by atoms with van der Waals surface area (Å²) >= 11 is 0. The van der Waals surface area contributed by atoms with Crippen LogP contribution in [0.15, 0.2) is 0 Å². The van der Waals surface area contributed by atoms with Gasteiger partial charge in [-0.1, -0.05) is 13.8 Å². The van der Waals surface area contributed by atoms with Crippen LogP contribution in [-0.4, -0.2) is 48.3 Å². The smallest absolute Gasteiger partial charge is 0.338 e. The van der Waals surface area contributed by atoms with Gasteiger partial charge in [0.25, 0.3) is 0 Å². The molecule has 1 aliphatic rings. The van der Waals surface area contributed by atoms with Crippen LogP contribution in [0.2, 0.25) is 0 Å². The van der Waals surface area contributed by atoms with Crippen molar-refractivity contribution in [2.45, 2.75) is 39.2 Å². The molecular formula is C13H25NO3. The molecule has 0 bridgehead atoms. The van der Waals surface area contributed by atoms with E-state index in [9.17, 15) is 9.90 Å². The average molecular weight is 243 g/mol. The van der Waals surface area contributed by atoms with Crippen LogP contribution in [0.25, 0.3) is 0 Å². The van der Waals surface area contributed by atoms with Crippen molar-refractivity contribution in [2.75, 3.05) is 26.7 Å². The van der Waals surface area contributed by atoms with Crippen LogP contribution < -0.4 is 0 Å². The summed E-state index contributed by atoms with van der Waals surface area (Å²) in [7, 11) is 1.31. The number of hydrogen-bond donors (Lipinski definition) is 1. The molecule has 100 valence electrons. The van der Waals surface area contributed by atoms with Gasteiger partial charge in [0, 0.05) is 6.54 Å². The number of hydrogen-bond acceptors (Lipinski definition) is 4. The second kappa shape index (κ2) is 5.83. The number of carbonyl (C=O) groups is 1. The molecule has 1 atom stereocenters. The predicted octanol–water partition coefficient (Wildman–Crippen LogP) is 1.28. The van der Waals surface area contributed by atoms with Gasteiger partial charge in [-0.25, -0.2) is 4.79 Å². The third kappa shape index (κ3) is 3.96. The first-order chi connectivity index (χ1) is 7.86. The van der Waals surface area contributed by atoms with Gasteiger partial charge in [0.2, 0.25) is 0 Å². The summed E-state index contributed by atoms with van der Waals surface area (Å²) in [6.45, 7) is 8.31. The standard InChI is InChI=1S/C13H25NO3/c1-10(2)11-5-7-14(8-6-11)9-13(3,16)12(15)17-4/h10-11,16H,5-9H2,1-4H3. The Morgan fingerprint density at radius 3 is 2.41 bits per heavy atom. The summed E-state index contributed by atoms with van der Waals surface area (Å²) in [6.07, 6.45) is 2.30. The molecule has 0 aromatic rings. The van der Waals surface area contributed by atoms with E-state index in [2.05, 4.69) is 23.5 Å². The van der Waals surface area contributed by atoms with Crippen LogP contribution in [0.4, 0.5) is 0 Å². The van der Waals surface area contributed by atoms with Crippen molar-refractivity contribution in [3.05, 3.63) is 0 Å². The molecule has 1 saturated heterocycles. The van der Waals surface area contributed by atoms with Crippen molar-refractivity contribution in [3.8, 4) is 0 Å². The first-order valence-electron chi connectivity index (χ1n) is 6.40. The molecule has 0 saturated carbocycles. The van der Waals surface area contributed by atoms with Crippen LogP contribution in [0, 0.1) is 11.8 Å². The number of rotatable bonds is 4. The van der Waals surface area contributed by atoms with Crippen LogP contribution in [0.1, 0.15) is 33.6 Å². The van der Waals surface area contributed by atoms with Gasteiger partial charge in [-0.15, -0.1) is 0 Å². The number of carbonyl (C=O) groups excluding carboxylic acids is 1. The minimum Gasteiger partial charge on any atom is -0.467 e. The number of esters is 1. The van der Waals surface area contributed by atoms with Crippen LogP contribution in [-0.2, 0) is 9.53 Å². The molecule has 0 radical (unpaired) electrons. The summed E-state index contributed by atoms with van der Waals surface area (Å²) in [5, 5.41) is 9.99. The number of ether oxygens (including phenoxy) is 1. The highest BCUT2D eigenvalue weighted by Crippen LogP contribution is 2.25. The van der Waals surface area contributed by atoms with Gasteiger partial charge in [-0.3, -0.25) is 4.90 Å². The second-order valence-corrected chi connectivity index (χ2v) is 5.62. The Bertz CT molecular complexity index is 255.